The summed E-state index contributed by atoms with van der Waals surface area (Å²) in [5.74, 6) is 0. The summed E-state index contributed by atoms with van der Waals surface area (Å²) < 4.78 is 1.79. The fourth-order valence-electron chi connectivity index (χ4n) is 2.24. The van der Waals surface area contributed by atoms with Crippen molar-refractivity contribution in [1.29, 1.82) is 5.26 Å². The summed E-state index contributed by atoms with van der Waals surface area (Å²) >= 11 is 0. The first-order valence-electron chi connectivity index (χ1n) is 6.28. The van der Waals surface area contributed by atoms with Crippen molar-refractivity contribution >= 4 is 0 Å². The zero-order valence-corrected chi connectivity index (χ0v) is 12.0. The van der Waals surface area contributed by atoms with Crippen LogP contribution in [0.2, 0.25) is 0 Å². The highest BCUT2D eigenvalue weighted by molar-refractivity contribution is 5.45. The Labute approximate surface area is 113 Å². The van der Waals surface area contributed by atoms with E-state index in [1.807, 2.05) is 19.1 Å². The highest BCUT2D eigenvalue weighted by Crippen LogP contribution is 2.27. The topological polar surface area (TPSA) is 54.5 Å². The lowest BCUT2D eigenvalue weighted by molar-refractivity contribution is 0.541. The molecule has 0 amide bonds. The first-order valence-corrected chi connectivity index (χ1v) is 6.28. The number of aromatic nitrogens is 3. The summed E-state index contributed by atoms with van der Waals surface area (Å²) in [6, 6.07) is 8.30. The predicted molar refractivity (Wildman–Crippen MR) is 74.2 cm³/mol. The molecule has 0 aliphatic carbocycles. The summed E-state index contributed by atoms with van der Waals surface area (Å²) in [6.45, 7) is 10.3. The van der Waals surface area contributed by atoms with Crippen molar-refractivity contribution in [1.82, 2.24) is 15.0 Å². The normalized spacial score (nSPS) is 11.4. The van der Waals surface area contributed by atoms with Crippen LogP contribution in [-0.2, 0) is 5.41 Å². The number of aryl methyl sites for hydroxylation is 2. The van der Waals surface area contributed by atoms with Crippen LogP contribution in [0.5, 0.6) is 0 Å². The summed E-state index contributed by atoms with van der Waals surface area (Å²) in [5.41, 5.74) is 4.37. The van der Waals surface area contributed by atoms with E-state index in [1.165, 1.54) is 5.56 Å². The van der Waals surface area contributed by atoms with Gasteiger partial charge in [-0.3, -0.25) is 0 Å². The Kier molecular flexibility index (Phi) is 3.15. The minimum absolute atomic E-state index is 0.189. The molecule has 0 aliphatic heterocycles. The maximum absolute atomic E-state index is 9.19. The lowest BCUT2D eigenvalue weighted by Crippen LogP contribution is -2.19. The van der Waals surface area contributed by atoms with E-state index in [4.69, 9.17) is 0 Å². The fourth-order valence-corrected chi connectivity index (χ4v) is 2.24. The summed E-state index contributed by atoms with van der Waals surface area (Å²) in [5, 5.41) is 17.3. The molecule has 19 heavy (non-hydrogen) atoms. The molecule has 0 spiro atoms. The van der Waals surface area contributed by atoms with Gasteiger partial charge in [-0.05, 0) is 25.5 Å². The van der Waals surface area contributed by atoms with Gasteiger partial charge in [-0.2, -0.15) is 5.26 Å². The van der Waals surface area contributed by atoms with Gasteiger partial charge in [0, 0.05) is 5.41 Å². The number of rotatable bonds is 1. The number of benzene rings is 1. The van der Waals surface area contributed by atoms with E-state index in [9.17, 15) is 5.26 Å². The second kappa shape index (κ2) is 4.51. The first kappa shape index (κ1) is 13.3. The Morgan fingerprint density at radius 2 is 1.89 bits per heavy atom. The lowest BCUT2D eigenvalue weighted by atomic mass is 9.90. The van der Waals surface area contributed by atoms with Gasteiger partial charge in [-0.25, -0.2) is 4.68 Å². The van der Waals surface area contributed by atoms with Gasteiger partial charge >= 0.3 is 0 Å². The van der Waals surface area contributed by atoms with Crippen LogP contribution in [0.4, 0.5) is 0 Å². The van der Waals surface area contributed by atoms with Gasteiger partial charge in [0.2, 0.25) is 0 Å². The van der Waals surface area contributed by atoms with E-state index in [0.29, 0.717) is 5.69 Å². The third-order valence-electron chi connectivity index (χ3n) is 3.07. The molecule has 2 rings (SSSR count). The van der Waals surface area contributed by atoms with Crippen LogP contribution in [0, 0.1) is 25.2 Å². The third kappa shape index (κ3) is 2.37. The standard InChI is InChI=1S/C15H18N4/c1-10-6-7-13(11(2)8-10)19-14(15(3,4)5)12(9-16)17-18-19/h6-8H,1-5H3. The van der Waals surface area contributed by atoms with E-state index in [-0.39, 0.29) is 5.41 Å². The van der Waals surface area contributed by atoms with Crippen LogP contribution in [0.1, 0.15) is 43.3 Å². The third-order valence-corrected chi connectivity index (χ3v) is 3.07. The fraction of sp³-hybridized carbons (Fsp3) is 0.400. The monoisotopic (exact) mass is 254 g/mol. The Morgan fingerprint density at radius 1 is 1.21 bits per heavy atom. The first-order chi connectivity index (χ1) is 8.84. The van der Waals surface area contributed by atoms with Crippen molar-refractivity contribution in [2.24, 2.45) is 0 Å². The van der Waals surface area contributed by atoms with Gasteiger partial charge in [-0.15, -0.1) is 5.10 Å². The van der Waals surface area contributed by atoms with Gasteiger partial charge in [0.15, 0.2) is 5.69 Å². The van der Waals surface area contributed by atoms with Crippen molar-refractivity contribution in [3.63, 3.8) is 0 Å². The van der Waals surface area contributed by atoms with Gasteiger partial charge < -0.3 is 0 Å². The Hall–Kier alpha value is -2.15. The lowest BCUT2D eigenvalue weighted by Gasteiger charge is -2.20. The van der Waals surface area contributed by atoms with Gasteiger partial charge in [0.1, 0.15) is 6.07 Å². The van der Waals surface area contributed by atoms with Gasteiger partial charge in [0.05, 0.1) is 11.4 Å². The minimum Gasteiger partial charge on any atom is -0.215 e. The molecule has 0 N–H and O–H groups in total. The number of hydrogen-bond acceptors (Lipinski definition) is 3. The van der Waals surface area contributed by atoms with Crippen LogP contribution in [0.25, 0.3) is 5.69 Å². The molecule has 0 aliphatic rings. The van der Waals surface area contributed by atoms with Crippen LogP contribution >= 0.6 is 0 Å². The van der Waals surface area contributed by atoms with E-state index in [1.54, 1.807) is 4.68 Å². The molecule has 0 bridgehead atoms. The molecule has 4 heteroatoms. The molecular weight excluding hydrogens is 236 g/mol. The Bertz CT molecular complexity index is 654. The summed E-state index contributed by atoms with van der Waals surface area (Å²) in [6.07, 6.45) is 0. The molecular formula is C15H18N4. The average Bonchev–Trinajstić information content (AvgIpc) is 2.72. The van der Waals surface area contributed by atoms with Crippen LogP contribution in [0.15, 0.2) is 18.2 Å². The molecule has 4 nitrogen and oxygen atoms in total. The van der Waals surface area contributed by atoms with Crippen molar-refractivity contribution in [3.8, 4) is 11.8 Å². The Balaban J connectivity index is 2.70. The molecule has 1 aromatic carbocycles. The quantitative estimate of drug-likeness (QED) is 0.786. The highest BCUT2D eigenvalue weighted by Gasteiger charge is 2.26. The molecule has 0 saturated heterocycles. The number of nitrogens with zero attached hydrogens (tertiary/aromatic N) is 4. The molecule has 0 fully saturated rings. The van der Waals surface area contributed by atoms with Crippen LogP contribution in [0.3, 0.4) is 0 Å². The maximum Gasteiger partial charge on any atom is 0.186 e. The number of nitriles is 1. The smallest absolute Gasteiger partial charge is 0.186 e. The van der Waals surface area contributed by atoms with E-state index >= 15 is 0 Å². The average molecular weight is 254 g/mol. The van der Waals surface area contributed by atoms with Crippen LogP contribution in [-0.4, -0.2) is 15.0 Å². The molecule has 0 unspecified atom stereocenters. The molecule has 1 aromatic heterocycles. The SMILES string of the molecule is Cc1ccc(-n2nnc(C#N)c2C(C)(C)C)c(C)c1. The highest BCUT2D eigenvalue weighted by atomic mass is 15.4. The van der Waals surface area contributed by atoms with Gasteiger partial charge in [0.25, 0.3) is 0 Å². The minimum atomic E-state index is -0.189. The second-order valence-corrected chi connectivity index (χ2v) is 5.85. The molecule has 1 heterocycles. The predicted octanol–water partition coefficient (Wildman–Crippen LogP) is 3.05. The van der Waals surface area contributed by atoms with E-state index in [2.05, 4.69) is 50.1 Å². The molecule has 2 aromatic rings. The summed E-state index contributed by atoms with van der Waals surface area (Å²) in [7, 11) is 0. The number of hydrogen-bond donors (Lipinski definition) is 0. The zero-order valence-electron chi connectivity index (χ0n) is 12.0. The van der Waals surface area contributed by atoms with E-state index < -0.39 is 0 Å². The molecule has 98 valence electrons. The maximum atomic E-state index is 9.19. The molecule has 0 saturated carbocycles. The summed E-state index contributed by atoms with van der Waals surface area (Å²) in [4.78, 5) is 0. The molecule has 0 atom stereocenters. The second-order valence-electron chi connectivity index (χ2n) is 5.85. The van der Waals surface area contributed by atoms with Crippen molar-refractivity contribution in [2.45, 2.75) is 40.0 Å². The van der Waals surface area contributed by atoms with Crippen molar-refractivity contribution < 1.29 is 0 Å². The van der Waals surface area contributed by atoms with Crippen LogP contribution < -0.4 is 0 Å². The zero-order chi connectivity index (χ0) is 14.2. The van der Waals surface area contributed by atoms with Crippen molar-refractivity contribution in [2.75, 3.05) is 0 Å². The van der Waals surface area contributed by atoms with Gasteiger partial charge in [-0.1, -0.05) is 43.7 Å². The molecule has 0 radical (unpaired) electrons. The van der Waals surface area contributed by atoms with Crippen molar-refractivity contribution in [3.05, 3.63) is 40.7 Å². The largest absolute Gasteiger partial charge is 0.215 e. The Morgan fingerprint density at radius 3 is 2.42 bits per heavy atom. The van der Waals surface area contributed by atoms with E-state index in [0.717, 1.165) is 16.9 Å².